The molecule has 0 fully saturated rings. The van der Waals surface area contributed by atoms with E-state index in [1.807, 2.05) is 6.07 Å². The molecule has 1 aromatic heterocycles. The third kappa shape index (κ3) is 3.28. The molecule has 2 amide bonds. The fourth-order valence-corrected chi connectivity index (χ4v) is 3.38. The molecule has 1 atom stereocenters. The van der Waals surface area contributed by atoms with Crippen molar-refractivity contribution in [2.45, 2.75) is 31.6 Å². The summed E-state index contributed by atoms with van der Waals surface area (Å²) >= 11 is 0. The first kappa shape index (κ1) is 15.3. The number of hydrogen-bond donors (Lipinski definition) is 2. The van der Waals surface area contributed by atoms with E-state index in [1.165, 1.54) is 11.1 Å². The molecule has 1 heterocycles. The first-order valence-corrected chi connectivity index (χ1v) is 7.88. The lowest BCUT2D eigenvalue weighted by atomic mass is 9.81. The van der Waals surface area contributed by atoms with Crippen LogP contribution in [-0.4, -0.2) is 16.4 Å². The third-order valence-corrected chi connectivity index (χ3v) is 4.47. The fraction of sp³-hybridized carbons (Fsp3) is 0.333. The van der Waals surface area contributed by atoms with Gasteiger partial charge in [-0.05, 0) is 42.4 Å². The zero-order chi connectivity index (χ0) is 16.4. The van der Waals surface area contributed by atoms with Gasteiger partial charge in [0.1, 0.15) is 5.69 Å². The second-order valence-electron chi connectivity index (χ2n) is 6.13. The Kier molecular flexibility index (Phi) is 4.19. The topological polar surface area (TPSA) is 77.1 Å². The van der Waals surface area contributed by atoms with Gasteiger partial charge in [-0.1, -0.05) is 24.3 Å². The number of amides is 2. The molecular formula is C18H21N3O2. The molecule has 1 aliphatic carbocycles. The van der Waals surface area contributed by atoms with Crippen LogP contribution in [0.4, 0.5) is 5.69 Å². The number of aryl methyl sites for hydroxylation is 2. The second-order valence-corrected chi connectivity index (χ2v) is 6.13. The molecule has 5 heteroatoms. The number of hydrogen-bond acceptors (Lipinski definition) is 2. The van der Waals surface area contributed by atoms with Crippen molar-refractivity contribution >= 4 is 17.5 Å². The van der Waals surface area contributed by atoms with Crippen LogP contribution in [0.15, 0.2) is 36.5 Å². The highest BCUT2D eigenvalue weighted by Gasteiger charge is 2.22. The van der Waals surface area contributed by atoms with Gasteiger partial charge in [-0.15, -0.1) is 0 Å². The number of primary amides is 1. The standard InChI is InChI=1S/C18H21N3O2/c1-21-11-14(10-16(21)18(19)23)20-17(22)9-13-7-4-6-12-5-2-3-8-15(12)13/h2-3,5,8,10-11,13H,4,6-7,9H2,1H3,(H2,19,23)(H,20,22)/t13-/m0/s1. The molecule has 3 rings (SSSR count). The Morgan fingerprint density at radius 1 is 1.35 bits per heavy atom. The van der Waals surface area contributed by atoms with Crippen LogP contribution in [0.25, 0.3) is 0 Å². The molecule has 1 aromatic carbocycles. The molecule has 0 bridgehead atoms. The summed E-state index contributed by atoms with van der Waals surface area (Å²) in [5.41, 5.74) is 8.92. The zero-order valence-electron chi connectivity index (χ0n) is 13.2. The summed E-state index contributed by atoms with van der Waals surface area (Å²) in [6.45, 7) is 0. The second kappa shape index (κ2) is 6.28. The van der Waals surface area contributed by atoms with E-state index in [4.69, 9.17) is 5.73 Å². The van der Waals surface area contributed by atoms with Crippen molar-refractivity contribution in [1.29, 1.82) is 0 Å². The molecule has 5 nitrogen and oxygen atoms in total. The Bertz CT molecular complexity index is 748. The SMILES string of the molecule is Cn1cc(NC(=O)C[C@@H]2CCCc3ccccc32)cc1C(N)=O. The Morgan fingerprint density at radius 2 is 2.13 bits per heavy atom. The smallest absolute Gasteiger partial charge is 0.265 e. The number of anilines is 1. The molecule has 1 aliphatic rings. The molecule has 0 unspecified atom stereocenters. The van der Waals surface area contributed by atoms with Crippen LogP contribution in [0.5, 0.6) is 0 Å². The Hall–Kier alpha value is -2.56. The number of nitrogens with zero attached hydrogens (tertiary/aromatic N) is 1. The van der Waals surface area contributed by atoms with Gasteiger partial charge in [0.15, 0.2) is 0 Å². The largest absolute Gasteiger partial charge is 0.364 e. The zero-order valence-corrected chi connectivity index (χ0v) is 13.2. The van der Waals surface area contributed by atoms with Gasteiger partial charge < -0.3 is 15.6 Å². The summed E-state index contributed by atoms with van der Waals surface area (Å²) in [5, 5.41) is 2.87. The van der Waals surface area contributed by atoms with E-state index in [1.54, 1.807) is 23.9 Å². The normalized spacial score (nSPS) is 16.7. The van der Waals surface area contributed by atoms with Crippen LogP contribution in [0.3, 0.4) is 0 Å². The van der Waals surface area contributed by atoms with Crippen LogP contribution in [0, 0.1) is 0 Å². The summed E-state index contributed by atoms with van der Waals surface area (Å²) in [6.07, 6.45) is 5.40. The third-order valence-electron chi connectivity index (χ3n) is 4.47. The summed E-state index contributed by atoms with van der Waals surface area (Å²) in [7, 11) is 1.73. The average Bonchev–Trinajstić information content (AvgIpc) is 2.88. The van der Waals surface area contributed by atoms with Gasteiger partial charge in [-0.3, -0.25) is 9.59 Å². The molecular weight excluding hydrogens is 290 g/mol. The van der Waals surface area contributed by atoms with E-state index < -0.39 is 5.91 Å². The van der Waals surface area contributed by atoms with Gasteiger partial charge in [0.2, 0.25) is 5.91 Å². The molecule has 23 heavy (non-hydrogen) atoms. The number of aromatic nitrogens is 1. The molecule has 0 spiro atoms. The molecule has 0 radical (unpaired) electrons. The molecule has 0 saturated carbocycles. The van der Waals surface area contributed by atoms with Crippen LogP contribution in [0.2, 0.25) is 0 Å². The lowest BCUT2D eigenvalue weighted by Gasteiger charge is -2.24. The van der Waals surface area contributed by atoms with Crippen molar-refractivity contribution in [1.82, 2.24) is 4.57 Å². The maximum Gasteiger partial charge on any atom is 0.265 e. The summed E-state index contributed by atoms with van der Waals surface area (Å²) in [4.78, 5) is 23.6. The van der Waals surface area contributed by atoms with E-state index in [-0.39, 0.29) is 11.8 Å². The van der Waals surface area contributed by atoms with Crippen molar-refractivity contribution in [3.05, 3.63) is 53.3 Å². The molecule has 0 saturated heterocycles. The van der Waals surface area contributed by atoms with Crippen molar-refractivity contribution in [3.63, 3.8) is 0 Å². The highest BCUT2D eigenvalue weighted by Crippen LogP contribution is 2.34. The first-order valence-electron chi connectivity index (χ1n) is 7.88. The minimum absolute atomic E-state index is 0.0340. The van der Waals surface area contributed by atoms with E-state index in [2.05, 4.69) is 23.5 Å². The van der Waals surface area contributed by atoms with Crippen LogP contribution < -0.4 is 11.1 Å². The number of nitrogens with one attached hydrogen (secondary N) is 1. The van der Waals surface area contributed by atoms with Crippen molar-refractivity contribution < 1.29 is 9.59 Å². The van der Waals surface area contributed by atoms with Crippen molar-refractivity contribution in [3.8, 4) is 0 Å². The first-order chi connectivity index (χ1) is 11.0. The van der Waals surface area contributed by atoms with E-state index in [0.29, 0.717) is 17.8 Å². The van der Waals surface area contributed by atoms with Gasteiger partial charge in [0.25, 0.3) is 5.91 Å². The summed E-state index contributed by atoms with van der Waals surface area (Å²) < 4.78 is 1.62. The van der Waals surface area contributed by atoms with Gasteiger partial charge in [-0.25, -0.2) is 0 Å². The lowest BCUT2D eigenvalue weighted by Crippen LogP contribution is -2.18. The molecule has 3 N–H and O–H groups in total. The Labute approximate surface area is 135 Å². The van der Waals surface area contributed by atoms with Gasteiger partial charge >= 0.3 is 0 Å². The van der Waals surface area contributed by atoms with Crippen LogP contribution in [0.1, 0.15) is 46.8 Å². The number of benzene rings is 1. The predicted octanol–water partition coefficient (Wildman–Crippen LogP) is 2.57. The highest BCUT2D eigenvalue weighted by molar-refractivity contribution is 5.96. The monoisotopic (exact) mass is 311 g/mol. The molecule has 120 valence electrons. The van der Waals surface area contributed by atoms with Gasteiger partial charge in [0, 0.05) is 19.7 Å². The summed E-state index contributed by atoms with van der Waals surface area (Å²) in [5.74, 6) is -0.276. The van der Waals surface area contributed by atoms with Crippen LogP contribution in [-0.2, 0) is 18.3 Å². The van der Waals surface area contributed by atoms with E-state index >= 15 is 0 Å². The number of fused-ring (bicyclic) bond motifs is 1. The summed E-state index contributed by atoms with van der Waals surface area (Å²) in [6, 6.07) is 9.97. The molecule has 0 aliphatic heterocycles. The fourth-order valence-electron chi connectivity index (χ4n) is 3.38. The van der Waals surface area contributed by atoms with Gasteiger partial charge in [-0.2, -0.15) is 0 Å². The number of carbonyl (C=O) groups excluding carboxylic acids is 2. The minimum atomic E-state index is -0.505. The lowest BCUT2D eigenvalue weighted by molar-refractivity contribution is -0.116. The Balaban J connectivity index is 1.69. The van der Waals surface area contributed by atoms with E-state index in [9.17, 15) is 9.59 Å². The highest BCUT2D eigenvalue weighted by atomic mass is 16.2. The van der Waals surface area contributed by atoms with E-state index in [0.717, 1.165) is 19.3 Å². The van der Waals surface area contributed by atoms with Crippen LogP contribution >= 0.6 is 0 Å². The number of rotatable bonds is 4. The number of carbonyl (C=O) groups is 2. The van der Waals surface area contributed by atoms with Gasteiger partial charge in [0.05, 0.1) is 5.69 Å². The number of nitrogens with two attached hydrogens (primary N) is 1. The van der Waals surface area contributed by atoms with Crippen molar-refractivity contribution in [2.24, 2.45) is 12.8 Å². The quantitative estimate of drug-likeness (QED) is 0.910. The maximum atomic E-state index is 12.3. The minimum Gasteiger partial charge on any atom is -0.364 e. The average molecular weight is 311 g/mol. The molecule has 2 aromatic rings. The Morgan fingerprint density at radius 3 is 2.87 bits per heavy atom. The van der Waals surface area contributed by atoms with Crippen molar-refractivity contribution in [2.75, 3.05) is 5.32 Å². The maximum absolute atomic E-state index is 12.3. The predicted molar refractivity (Wildman–Crippen MR) is 89.3 cm³/mol.